The Morgan fingerprint density at radius 2 is 1.10 bits per heavy atom. The first-order chi connectivity index (χ1) is 22.6. The number of hydrogen-bond acceptors (Lipinski definition) is 10. The second-order valence-corrected chi connectivity index (χ2v) is 14.6. The molecule has 0 aromatic carbocycles. The molecule has 0 aromatic heterocycles. The number of guanidine groups is 1. The summed E-state index contributed by atoms with van der Waals surface area (Å²) in [6, 6.07) is -0.0182. The zero-order valence-electron chi connectivity index (χ0n) is 31.4. The largest absolute Gasteiger partial charge is 0.444 e. The lowest BCUT2D eigenvalue weighted by molar-refractivity contribution is -0.123. The Bertz CT molecular complexity index is 1050. The third-order valence-corrected chi connectivity index (χ3v) is 5.84. The summed E-state index contributed by atoms with van der Waals surface area (Å²) < 4.78 is 20.6. The van der Waals surface area contributed by atoms with Gasteiger partial charge in [0.1, 0.15) is 16.8 Å². The monoisotopic (exact) mass is 701 g/mol. The van der Waals surface area contributed by atoms with Crippen LogP contribution in [0.5, 0.6) is 0 Å². The Morgan fingerprint density at radius 1 is 0.592 bits per heavy atom. The molecule has 49 heavy (non-hydrogen) atoms. The molecule has 0 saturated carbocycles. The van der Waals surface area contributed by atoms with Crippen LogP contribution < -0.4 is 31.9 Å². The van der Waals surface area contributed by atoms with Gasteiger partial charge in [-0.25, -0.2) is 19.2 Å². The first kappa shape index (κ1) is 45.2. The number of nitrogens with zero attached hydrogens (tertiary/aromatic N) is 1. The number of carbonyl (C=O) groups excluding carboxylic acids is 5. The molecule has 0 aliphatic rings. The lowest BCUT2D eigenvalue weighted by atomic mass is 10.2. The Balaban J connectivity index is 4.00. The van der Waals surface area contributed by atoms with E-state index in [2.05, 4.69) is 36.9 Å². The lowest BCUT2D eigenvalue weighted by Gasteiger charge is -2.22. The summed E-state index contributed by atoms with van der Waals surface area (Å²) >= 11 is 0. The number of carbonyl (C=O) groups is 5. The van der Waals surface area contributed by atoms with Crippen LogP contribution in [-0.2, 0) is 23.7 Å². The number of rotatable bonds is 18. The zero-order chi connectivity index (χ0) is 37.5. The van der Waals surface area contributed by atoms with Crippen molar-refractivity contribution < 1.29 is 42.9 Å². The maximum atomic E-state index is 12.2. The second kappa shape index (κ2) is 23.5. The Morgan fingerprint density at radius 3 is 1.69 bits per heavy atom. The molecule has 0 unspecified atom stereocenters. The molecular weight excluding hydrogens is 638 g/mol. The topological polar surface area (TPSA) is 207 Å². The van der Waals surface area contributed by atoms with Crippen LogP contribution in [0.25, 0.3) is 0 Å². The Kier molecular flexibility index (Phi) is 21.7. The fourth-order valence-electron chi connectivity index (χ4n) is 3.75. The van der Waals surface area contributed by atoms with E-state index >= 15 is 0 Å². The van der Waals surface area contributed by atoms with Gasteiger partial charge >= 0.3 is 24.4 Å². The van der Waals surface area contributed by atoms with Gasteiger partial charge in [-0.05, 0) is 114 Å². The van der Waals surface area contributed by atoms with Crippen LogP contribution in [0.2, 0.25) is 0 Å². The summed E-state index contributed by atoms with van der Waals surface area (Å²) in [6.45, 7) is 20.1. The summed E-state index contributed by atoms with van der Waals surface area (Å²) in [6.07, 6.45) is 2.74. The van der Waals surface area contributed by atoms with Crippen LogP contribution in [0.15, 0.2) is 4.99 Å². The van der Waals surface area contributed by atoms with Gasteiger partial charge in [0.05, 0.1) is 0 Å². The van der Waals surface area contributed by atoms with Crippen molar-refractivity contribution in [3.8, 4) is 0 Å². The van der Waals surface area contributed by atoms with E-state index in [0.29, 0.717) is 26.1 Å². The molecule has 16 nitrogen and oxygen atoms in total. The van der Waals surface area contributed by atoms with Gasteiger partial charge in [-0.3, -0.25) is 10.1 Å². The third-order valence-electron chi connectivity index (χ3n) is 5.84. The smallest absolute Gasteiger partial charge is 0.437 e. The predicted molar refractivity (Wildman–Crippen MR) is 187 cm³/mol. The highest BCUT2D eigenvalue weighted by Gasteiger charge is 2.20. The van der Waals surface area contributed by atoms with Gasteiger partial charge in [-0.2, -0.15) is 0 Å². The highest BCUT2D eigenvalue weighted by Crippen LogP contribution is 2.09. The highest BCUT2D eigenvalue weighted by atomic mass is 16.6. The summed E-state index contributed by atoms with van der Waals surface area (Å²) in [5, 5.41) is 16.8. The first-order valence-corrected chi connectivity index (χ1v) is 17.1. The number of ether oxygens (including phenoxy) is 4. The van der Waals surface area contributed by atoms with Gasteiger partial charge < -0.3 is 45.5 Å². The number of aliphatic imine (C=N–C) groups is 1. The number of unbranched alkanes of at least 4 members (excludes halogenated alkanes) is 4. The lowest BCUT2D eigenvalue weighted by Crippen LogP contribution is -2.44. The van der Waals surface area contributed by atoms with Crippen LogP contribution >= 0.6 is 0 Å². The minimum atomic E-state index is -0.846. The van der Waals surface area contributed by atoms with Gasteiger partial charge in [-0.15, -0.1) is 4.99 Å². The molecule has 1 atom stereocenters. The minimum absolute atomic E-state index is 0.0182. The molecular formula is C33H63N7O9. The van der Waals surface area contributed by atoms with E-state index in [1.54, 1.807) is 41.5 Å². The van der Waals surface area contributed by atoms with E-state index in [1.165, 1.54) is 0 Å². The third kappa shape index (κ3) is 31.2. The molecule has 16 heteroatoms. The van der Waals surface area contributed by atoms with Crippen molar-refractivity contribution in [2.24, 2.45) is 4.99 Å². The van der Waals surface area contributed by atoms with Gasteiger partial charge in [0.25, 0.3) is 5.91 Å². The summed E-state index contributed by atoms with van der Waals surface area (Å²) in [4.78, 5) is 63.7. The van der Waals surface area contributed by atoms with Crippen molar-refractivity contribution in [1.29, 1.82) is 0 Å². The quantitative estimate of drug-likeness (QED) is 0.0509. The standard InChI is InChI=1S/C33H63N7O9/c1-24(38-28(43)47-31(2,3)4)17-22-34-18-15-16-21-37-27(42)46-23-25(41)35-19-13-11-12-14-20-36-26(39-29(44)48-32(5,6)7)40-30(45)49-33(8,9)10/h24,34H,11-23H2,1-10H3,(H,35,41)(H,37,42)(H,38,43)(H2,36,39,40,44,45)/t24-/m1/s1. The fourth-order valence-corrected chi connectivity index (χ4v) is 3.75. The van der Waals surface area contributed by atoms with Crippen molar-refractivity contribution in [1.82, 2.24) is 31.9 Å². The van der Waals surface area contributed by atoms with Crippen molar-refractivity contribution in [3.63, 3.8) is 0 Å². The average Bonchev–Trinajstić information content (AvgIpc) is 2.91. The molecule has 5 amide bonds. The molecule has 0 aliphatic heterocycles. The first-order valence-electron chi connectivity index (χ1n) is 17.1. The Labute approximate surface area is 292 Å². The molecule has 0 saturated heterocycles. The number of hydrogen-bond donors (Lipinski definition) is 6. The van der Waals surface area contributed by atoms with Crippen LogP contribution in [0, 0.1) is 0 Å². The maximum absolute atomic E-state index is 12.2. The van der Waals surface area contributed by atoms with Crippen LogP contribution in [0.3, 0.4) is 0 Å². The molecule has 284 valence electrons. The molecule has 0 aromatic rings. The van der Waals surface area contributed by atoms with Crippen LogP contribution in [0.4, 0.5) is 19.2 Å². The van der Waals surface area contributed by atoms with Gasteiger partial charge in [0.2, 0.25) is 5.96 Å². The van der Waals surface area contributed by atoms with Gasteiger partial charge in [-0.1, -0.05) is 12.8 Å². The van der Waals surface area contributed by atoms with Crippen LogP contribution in [0.1, 0.15) is 114 Å². The summed E-state index contributed by atoms with van der Waals surface area (Å²) in [5.41, 5.74) is -1.99. The van der Waals surface area contributed by atoms with Crippen molar-refractivity contribution >= 4 is 36.2 Å². The minimum Gasteiger partial charge on any atom is -0.444 e. The summed E-state index contributed by atoms with van der Waals surface area (Å²) in [5.74, 6) is -0.447. The number of nitrogens with one attached hydrogen (secondary N) is 6. The molecule has 0 rings (SSSR count). The molecule has 0 radical (unpaired) electrons. The molecule has 0 fully saturated rings. The second-order valence-electron chi connectivity index (χ2n) is 14.6. The average molecular weight is 702 g/mol. The van der Waals surface area contributed by atoms with Gasteiger partial charge in [0.15, 0.2) is 6.61 Å². The van der Waals surface area contributed by atoms with Gasteiger partial charge in [0, 0.05) is 25.7 Å². The van der Waals surface area contributed by atoms with Crippen molar-refractivity contribution in [3.05, 3.63) is 0 Å². The zero-order valence-corrected chi connectivity index (χ0v) is 31.4. The number of amides is 5. The van der Waals surface area contributed by atoms with Crippen molar-refractivity contribution in [2.45, 2.75) is 137 Å². The van der Waals surface area contributed by atoms with E-state index in [-0.39, 0.29) is 24.5 Å². The van der Waals surface area contributed by atoms with E-state index in [4.69, 9.17) is 18.9 Å². The SMILES string of the molecule is C[C@H](CCNCCCCNC(=O)OCC(=O)NCCCCCCNC(=NC(=O)OC(C)(C)C)NC(=O)OC(C)(C)C)NC(=O)OC(C)(C)C. The number of alkyl carbamates (subject to hydrolysis) is 3. The van der Waals surface area contributed by atoms with E-state index in [1.807, 2.05) is 27.7 Å². The maximum Gasteiger partial charge on any atom is 0.437 e. The summed E-state index contributed by atoms with van der Waals surface area (Å²) in [7, 11) is 0. The van der Waals surface area contributed by atoms with E-state index < -0.39 is 41.2 Å². The predicted octanol–water partition coefficient (Wildman–Crippen LogP) is 4.47. The molecule has 0 heterocycles. The normalized spacial score (nSPS) is 12.7. The molecule has 6 N–H and O–H groups in total. The highest BCUT2D eigenvalue weighted by molar-refractivity contribution is 5.98. The molecule has 0 spiro atoms. The fraction of sp³-hybridized carbons (Fsp3) is 0.818. The van der Waals surface area contributed by atoms with Crippen LogP contribution in [-0.4, -0.2) is 98.4 Å². The van der Waals surface area contributed by atoms with E-state index in [9.17, 15) is 24.0 Å². The van der Waals surface area contributed by atoms with E-state index in [0.717, 1.165) is 51.6 Å². The molecule has 0 bridgehead atoms. The molecule has 0 aliphatic carbocycles. The Hall–Kier alpha value is -3.82. The van der Waals surface area contributed by atoms with Crippen molar-refractivity contribution in [2.75, 3.05) is 39.3 Å².